The number of hydrogen-bond acceptors (Lipinski definition) is 5. The number of rotatable bonds is 4. The fourth-order valence-corrected chi connectivity index (χ4v) is 1.76. The highest BCUT2D eigenvalue weighted by Gasteiger charge is 2.12. The molecule has 1 aromatic heterocycles. The zero-order valence-corrected chi connectivity index (χ0v) is 11.6. The summed E-state index contributed by atoms with van der Waals surface area (Å²) in [5.41, 5.74) is 6.87. The second-order valence-electron chi connectivity index (χ2n) is 3.99. The molecule has 2 N–H and O–H groups in total. The maximum atomic E-state index is 11.9. The van der Waals surface area contributed by atoms with Crippen LogP contribution in [0.4, 0.5) is 5.69 Å². The Balaban J connectivity index is 2.06. The van der Waals surface area contributed by atoms with Crippen molar-refractivity contribution in [3.63, 3.8) is 0 Å². The van der Waals surface area contributed by atoms with Crippen LogP contribution >= 0.6 is 11.6 Å². The molecule has 2 aromatic rings. The monoisotopic (exact) mass is 292 g/mol. The summed E-state index contributed by atoms with van der Waals surface area (Å²) in [4.78, 5) is 16.1. The topological polar surface area (TPSA) is 74.4 Å². The number of carbonyl (C=O) groups excluding carboxylic acids is 1. The van der Waals surface area contributed by atoms with E-state index < -0.39 is 5.97 Å². The fraction of sp³-hybridized carbons (Fsp3) is 0.143. The Morgan fingerprint density at radius 2 is 2.15 bits per heavy atom. The Morgan fingerprint density at radius 1 is 1.35 bits per heavy atom. The van der Waals surface area contributed by atoms with Crippen molar-refractivity contribution in [1.29, 1.82) is 0 Å². The minimum atomic E-state index is -0.549. The van der Waals surface area contributed by atoms with Gasteiger partial charge in [-0.25, -0.2) is 9.78 Å². The van der Waals surface area contributed by atoms with Crippen LogP contribution in [0, 0.1) is 0 Å². The molecule has 0 aliphatic carbocycles. The standard InChI is InChI=1S/C14H13ClN2O3/c1-19-13-4-2-3-10(17-13)8-20-14(18)11-7-9(16)5-6-12(11)15/h2-7H,8,16H2,1H3. The van der Waals surface area contributed by atoms with Gasteiger partial charge in [0.15, 0.2) is 0 Å². The minimum absolute atomic E-state index is 0.0289. The highest BCUT2D eigenvalue weighted by molar-refractivity contribution is 6.33. The first-order valence-electron chi connectivity index (χ1n) is 5.82. The number of pyridine rings is 1. The van der Waals surface area contributed by atoms with E-state index in [9.17, 15) is 4.79 Å². The molecule has 5 nitrogen and oxygen atoms in total. The van der Waals surface area contributed by atoms with Crippen LogP contribution in [0.25, 0.3) is 0 Å². The summed E-state index contributed by atoms with van der Waals surface area (Å²) in [5, 5.41) is 0.294. The molecule has 0 amide bonds. The van der Waals surface area contributed by atoms with E-state index in [-0.39, 0.29) is 12.2 Å². The first-order valence-corrected chi connectivity index (χ1v) is 6.20. The Hall–Kier alpha value is -2.27. The molecule has 0 saturated heterocycles. The van der Waals surface area contributed by atoms with Gasteiger partial charge in [-0.05, 0) is 24.3 Å². The van der Waals surface area contributed by atoms with Crippen LogP contribution in [0.15, 0.2) is 36.4 Å². The summed E-state index contributed by atoms with van der Waals surface area (Å²) in [5.74, 6) is -0.0903. The lowest BCUT2D eigenvalue weighted by atomic mass is 10.2. The van der Waals surface area contributed by atoms with Crippen molar-refractivity contribution in [2.24, 2.45) is 0 Å². The van der Waals surface area contributed by atoms with Crippen molar-refractivity contribution in [2.45, 2.75) is 6.61 Å². The molecule has 0 fully saturated rings. The number of aromatic nitrogens is 1. The van der Waals surface area contributed by atoms with Gasteiger partial charge in [-0.3, -0.25) is 0 Å². The Kier molecular flexibility index (Phi) is 4.42. The average Bonchev–Trinajstić information content (AvgIpc) is 2.47. The van der Waals surface area contributed by atoms with Crippen molar-refractivity contribution >= 4 is 23.3 Å². The molecular formula is C14H13ClN2O3. The normalized spacial score (nSPS) is 10.1. The van der Waals surface area contributed by atoms with Crippen molar-refractivity contribution in [1.82, 2.24) is 4.98 Å². The van der Waals surface area contributed by atoms with E-state index in [0.29, 0.717) is 22.3 Å². The molecule has 0 saturated carbocycles. The number of nitrogen functional groups attached to an aromatic ring is 1. The third-order valence-electron chi connectivity index (χ3n) is 2.55. The van der Waals surface area contributed by atoms with Crippen LogP contribution in [0.5, 0.6) is 5.88 Å². The van der Waals surface area contributed by atoms with Crippen molar-refractivity contribution in [3.8, 4) is 5.88 Å². The highest BCUT2D eigenvalue weighted by Crippen LogP contribution is 2.20. The van der Waals surface area contributed by atoms with Gasteiger partial charge in [-0.2, -0.15) is 0 Å². The summed E-state index contributed by atoms with van der Waals surface area (Å²) >= 11 is 5.93. The first-order chi connectivity index (χ1) is 9.60. The third-order valence-corrected chi connectivity index (χ3v) is 2.88. The lowest BCUT2D eigenvalue weighted by Gasteiger charge is -2.07. The number of anilines is 1. The number of hydrogen-bond donors (Lipinski definition) is 1. The molecular weight excluding hydrogens is 280 g/mol. The van der Waals surface area contributed by atoms with E-state index in [4.69, 9.17) is 26.8 Å². The van der Waals surface area contributed by atoms with Gasteiger partial charge < -0.3 is 15.2 Å². The number of nitrogens with two attached hydrogens (primary N) is 1. The summed E-state index contributed by atoms with van der Waals surface area (Å²) in [6.07, 6.45) is 0. The second-order valence-corrected chi connectivity index (χ2v) is 4.39. The van der Waals surface area contributed by atoms with Crippen LogP contribution in [0.1, 0.15) is 16.1 Å². The molecule has 0 aliphatic heterocycles. The summed E-state index contributed by atoms with van der Waals surface area (Å²) in [6.45, 7) is 0.0289. The van der Waals surface area contributed by atoms with Gasteiger partial charge in [0, 0.05) is 11.8 Å². The number of carbonyl (C=O) groups is 1. The molecule has 0 spiro atoms. The number of esters is 1. The minimum Gasteiger partial charge on any atom is -0.481 e. The molecule has 104 valence electrons. The number of nitrogens with zero attached hydrogens (tertiary/aromatic N) is 1. The number of methoxy groups -OCH3 is 1. The maximum absolute atomic E-state index is 11.9. The molecule has 6 heteroatoms. The smallest absolute Gasteiger partial charge is 0.340 e. The van der Waals surface area contributed by atoms with E-state index in [0.717, 1.165) is 0 Å². The van der Waals surface area contributed by atoms with Gasteiger partial charge in [0.25, 0.3) is 0 Å². The average molecular weight is 293 g/mol. The molecule has 1 aromatic carbocycles. The van der Waals surface area contributed by atoms with Crippen LogP contribution in [0.3, 0.4) is 0 Å². The molecule has 0 aliphatic rings. The molecule has 0 unspecified atom stereocenters. The van der Waals surface area contributed by atoms with Gasteiger partial charge in [-0.1, -0.05) is 17.7 Å². The van der Waals surface area contributed by atoms with Gasteiger partial charge in [0.1, 0.15) is 6.61 Å². The van der Waals surface area contributed by atoms with E-state index in [1.54, 1.807) is 30.3 Å². The van der Waals surface area contributed by atoms with E-state index >= 15 is 0 Å². The van der Waals surface area contributed by atoms with Gasteiger partial charge in [0.2, 0.25) is 5.88 Å². The molecule has 20 heavy (non-hydrogen) atoms. The predicted octanol–water partition coefficient (Wildman–Crippen LogP) is 2.68. The van der Waals surface area contributed by atoms with Gasteiger partial charge in [0.05, 0.1) is 23.4 Å². The van der Waals surface area contributed by atoms with Gasteiger partial charge in [-0.15, -0.1) is 0 Å². The zero-order chi connectivity index (χ0) is 14.5. The number of ether oxygens (including phenoxy) is 2. The number of benzene rings is 1. The predicted molar refractivity (Wildman–Crippen MR) is 75.8 cm³/mol. The van der Waals surface area contributed by atoms with E-state index in [1.807, 2.05) is 0 Å². The van der Waals surface area contributed by atoms with Crippen LogP contribution < -0.4 is 10.5 Å². The largest absolute Gasteiger partial charge is 0.481 e. The van der Waals surface area contributed by atoms with Crippen molar-refractivity contribution in [2.75, 3.05) is 12.8 Å². The molecule has 0 bridgehead atoms. The second kappa shape index (κ2) is 6.25. The molecule has 2 rings (SSSR count). The quantitative estimate of drug-likeness (QED) is 0.693. The Morgan fingerprint density at radius 3 is 2.90 bits per heavy atom. The molecule has 0 radical (unpaired) electrons. The Labute approximate surface area is 121 Å². The lowest BCUT2D eigenvalue weighted by molar-refractivity contribution is 0.0467. The first kappa shape index (κ1) is 14.1. The van der Waals surface area contributed by atoms with Crippen LogP contribution in [-0.4, -0.2) is 18.1 Å². The number of halogens is 1. The third kappa shape index (κ3) is 3.39. The van der Waals surface area contributed by atoms with Crippen LogP contribution in [-0.2, 0) is 11.3 Å². The molecule has 0 atom stereocenters. The van der Waals surface area contributed by atoms with E-state index in [2.05, 4.69) is 4.98 Å². The summed E-state index contributed by atoms with van der Waals surface area (Å²) in [6, 6.07) is 9.85. The zero-order valence-electron chi connectivity index (χ0n) is 10.8. The van der Waals surface area contributed by atoms with E-state index in [1.165, 1.54) is 13.2 Å². The van der Waals surface area contributed by atoms with Crippen molar-refractivity contribution in [3.05, 3.63) is 52.7 Å². The van der Waals surface area contributed by atoms with Gasteiger partial charge >= 0.3 is 5.97 Å². The SMILES string of the molecule is COc1cccc(COC(=O)c2cc(N)ccc2Cl)n1. The Bertz CT molecular complexity index is 632. The summed E-state index contributed by atoms with van der Waals surface area (Å²) in [7, 11) is 1.52. The van der Waals surface area contributed by atoms with Crippen molar-refractivity contribution < 1.29 is 14.3 Å². The summed E-state index contributed by atoms with van der Waals surface area (Å²) < 4.78 is 10.1. The molecule has 1 heterocycles. The highest BCUT2D eigenvalue weighted by atomic mass is 35.5. The fourth-order valence-electron chi connectivity index (χ4n) is 1.57. The maximum Gasteiger partial charge on any atom is 0.340 e. The van der Waals surface area contributed by atoms with Crippen LogP contribution in [0.2, 0.25) is 5.02 Å². The lowest BCUT2D eigenvalue weighted by Crippen LogP contribution is -2.07.